The highest BCUT2D eigenvalue weighted by atomic mass is 79.9. The summed E-state index contributed by atoms with van der Waals surface area (Å²) in [6, 6.07) is 5.60. The fraction of sp³-hybridized carbons (Fsp3) is 0.647. The lowest BCUT2D eigenvalue weighted by Gasteiger charge is -2.45. The zero-order valence-electron chi connectivity index (χ0n) is 14.4. The predicted molar refractivity (Wildman–Crippen MR) is 92.6 cm³/mol. The Balaban J connectivity index is 2.00. The molecule has 0 aromatic carbocycles. The van der Waals surface area contributed by atoms with E-state index >= 15 is 0 Å². The van der Waals surface area contributed by atoms with Crippen LogP contribution in [-0.2, 0) is 4.74 Å². The van der Waals surface area contributed by atoms with Crippen molar-refractivity contribution in [1.82, 2.24) is 9.88 Å². The van der Waals surface area contributed by atoms with Crippen LogP contribution in [0.25, 0.3) is 0 Å². The van der Waals surface area contributed by atoms with Crippen molar-refractivity contribution in [2.24, 2.45) is 0 Å². The van der Waals surface area contributed by atoms with Gasteiger partial charge in [0.25, 0.3) is 0 Å². The summed E-state index contributed by atoms with van der Waals surface area (Å²) in [7, 11) is 0. The van der Waals surface area contributed by atoms with E-state index in [0.717, 1.165) is 17.4 Å². The van der Waals surface area contributed by atoms with Crippen LogP contribution in [0, 0.1) is 0 Å². The van der Waals surface area contributed by atoms with Gasteiger partial charge in [-0.05, 0) is 56.6 Å². The van der Waals surface area contributed by atoms with Crippen molar-refractivity contribution in [1.29, 1.82) is 0 Å². The first-order chi connectivity index (χ1) is 10.6. The first kappa shape index (κ1) is 18.0. The molecule has 1 aromatic rings. The number of carbonyl (C=O) groups excluding carboxylic acids is 1. The molecule has 0 saturated carbocycles. The van der Waals surface area contributed by atoms with E-state index in [2.05, 4.69) is 20.9 Å². The van der Waals surface area contributed by atoms with Gasteiger partial charge in [0.15, 0.2) is 0 Å². The van der Waals surface area contributed by atoms with Crippen LogP contribution in [0.5, 0.6) is 5.88 Å². The number of amides is 1. The van der Waals surface area contributed by atoms with Gasteiger partial charge in [-0.25, -0.2) is 9.78 Å². The van der Waals surface area contributed by atoms with E-state index in [1.807, 2.05) is 52.8 Å². The van der Waals surface area contributed by atoms with Gasteiger partial charge < -0.3 is 14.4 Å². The molecule has 1 aliphatic heterocycles. The Morgan fingerprint density at radius 1 is 1.39 bits per heavy atom. The van der Waals surface area contributed by atoms with E-state index in [0.29, 0.717) is 12.4 Å². The maximum atomic E-state index is 12.4. The maximum absolute atomic E-state index is 12.4. The minimum Gasteiger partial charge on any atom is -0.474 e. The smallest absolute Gasteiger partial charge is 0.410 e. The molecule has 2 heterocycles. The first-order valence-electron chi connectivity index (χ1n) is 7.87. The largest absolute Gasteiger partial charge is 0.474 e. The lowest BCUT2D eigenvalue weighted by atomic mass is 9.89. The molecule has 1 unspecified atom stereocenters. The van der Waals surface area contributed by atoms with Crippen LogP contribution in [-0.4, -0.2) is 39.8 Å². The van der Waals surface area contributed by atoms with Gasteiger partial charge in [0.05, 0.1) is 0 Å². The molecule has 0 spiro atoms. The quantitative estimate of drug-likeness (QED) is 0.708. The number of ether oxygens (including phenoxy) is 2. The van der Waals surface area contributed by atoms with Crippen LogP contribution in [0.4, 0.5) is 4.79 Å². The number of likely N-dealkylation sites (tertiary alicyclic amines) is 1. The van der Waals surface area contributed by atoms with Crippen LogP contribution in [0.3, 0.4) is 0 Å². The minimum atomic E-state index is -0.485. The third kappa shape index (κ3) is 5.09. The molecule has 1 fully saturated rings. The van der Waals surface area contributed by atoms with Gasteiger partial charge in [-0.3, -0.25) is 0 Å². The Labute approximate surface area is 146 Å². The summed E-state index contributed by atoms with van der Waals surface area (Å²) < 4.78 is 12.2. The number of pyridine rings is 1. The molecule has 128 valence electrons. The lowest BCUT2D eigenvalue weighted by Crippen LogP contribution is -2.56. The van der Waals surface area contributed by atoms with Crippen molar-refractivity contribution >= 4 is 22.0 Å². The first-order valence-corrected chi connectivity index (χ1v) is 8.66. The summed E-state index contributed by atoms with van der Waals surface area (Å²) in [5.41, 5.74) is -0.808. The molecule has 0 bridgehead atoms. The van der Waals surface area contributed by atoms with Crippen LogP contribution in [0.1, 0.15) is 47.5 Å². The molecule has 1 atom stereocenters. The average Bonchev–Trinajstić information content (AvgIpc) is 2.35. The Kier molecular flexibility index (Phi) is 5.23. The van der Waals surface area contributed by atoms with Crippen molar-refractivity contribution < 1.29 is 14.3 Å². The van der Waals surface area contributed by atoms with Gasteiger partial charge in [0.2, 0.25) is 5.88 Å². The van der Waals surface area contributed by atoms with Crippen molar-refractivity contribution in [2.45, 2.75) is 64.7 Å². The van der Waals surface area contributed by atoms with E-state index in [1.54, 1.807) is 4.90 Å². The average molecular weight is 385 g/mol. The third-order valence-corrected chi connectivity index (χ3v) is 4.17. The summed E-state index contributed by atoms with van der Waals surface area (Å²) in [5.74, 6) is 0.603. The zero-order valence-corrected chi connectivity index (χ0v) is 16.0. The summed E-state index contributed by atoms with van der Waals surface area (Å²) in [4.78, 5) is 18.5. The van der Waals surface area contributed by atoms with Gasteiger partial charge in [0.1, 0.15) is 16.3 Å². The summed E-state index contributed by atoms with van der Waals surface area (Å²) >= 11 is 3.35. The number of hydrogen-bond acceptors (Lipinski definition) is 4. The molecule has 2 rings (SSSR count). The highest BCUT2D eigenvalue weighted by molar-refractivity contribution is 9.10. The third-order valence-electron chi connectivity index (χ3n) is 3.72. The lowest BCUT2D eigenvalue weighted by molar-refractivity contribution is -0.0268. The topological polar surface area (TPSA) is 51.7 Å². The van der Waals surface area contributed by atoms with Crippen LogP contribution in [0.15, 0.2) is 22.8 Å². The molecule has 5 nitrogen and oxygen atoms in total. The maximum Gasteiger partial charge on any atom is 0.410 e. The van der Waals surface area contributed by atoms with Crippen molar-refractivity contribution in [3.8, 4) is 5.88 Å². The predicted octanol–water partition coefficient (Wildman–Crippen LogP) is 4.40. The SMILES string of the molecule is CC(C)(C)OC(=O)N1CCC(Oc2cccc(Br)n2)CC1(C)C. The summed E-state index contributed by atoms with van der Waals surface area (Å²) in [5, 5.41) is 0. The van der Waals surface area contributed by atoms with Gasteiger partial charge in [-0.1, -0.05) is 6.07 Å². The highest BCUT2D eigenvalue weighted by Gasteiger charge is 2.40. The Morgan fingerprint density at radius 3 is 2.65 bits per heavy atom. The monoisotopic (exact) mass is 384 g/mol. The number of rotatable bonds is 2. The van der Waals surface area contributed by atoms with Crippen molar-refractivity contribution in [2.75, 3.05) is 6.54 Å². The molecule has 1 aliphatic rings. The zero-order chi connectivity index (χ0) is 17.3. The fourth-order valence-electron chi connectivity index (χ4n) is 2.73. The molecule has 1 amide bonds. The van der Waals surface area contributed by atoms with Gasteiger partial charge in [-0.2, -0.15) is 0 Å². The Bertz CT molecular complexity index is 569. The molecule has 1 saturated heterocycles. The second-order valence-corrected chi connectivity index (χ2v) is 8.29. The molecule has 6 heteroatoms. The number of aromatic nitrogens is 1. The number of nitrogens with zero attached hydrogens (tertiary/aromatic N) is 2. The van der Waals surface area contributed by atoms with E-state index in [-0.39, 0.29) is 17.7 Å². The van der Waals surface area contributed by atoms with E-state index in [9.17, 15) is 4.79 Å². The Morgan fingerprint density at radius 2 is 2.09 bits per heavy atom. The van der Waals surface area contributed by atoms with Crippen LogP contribution < -0.4 is 4.74 Å². The highest BCUT2D eigenvalue weighted by Crippen LogP contribution is 2.31. The minimum absolute atomic E-state index is 0.0329. The van der Waals surface area contributed by atoms with Crippen molar-refractivity contribution in [3.63, 3.8) is 0 Å². The van der Waals surface area contributed by atoms with E-state index in [4.69, 9.17) is 9.47 Å². The molecule has 23 heavy (non-hydrogen) atoms. The van der Waals surface area contributed by atoms with Crippen LogP contribution in [0.2, 0.25) is 0 Å². The second kappa shape index (κ2) is 6.67. The number of halogens is 1. The number of carbonyl (C=O) groups is 1. The second-order valence-electron chi connectivity index (χ2n) is 7.48. The van der Waals surface area contributed by atoms with Gasteiger partial charge in [0, 0.05) is 31.0 Å². The molecular weight excluding hydrogens is 360 g/mol. The van der Waals surface area contributed by atoms with Crippen LogP contribution >= 0.6 is 15.9 Å². The number of piperidine rings is 1. The van der Waals surface area contributed by atoms with E-state index < -0.39 is 5.60 Å². The molecular formula is C17H25BrN2O3. The fourth-order valence-corrected chi connectivity index (χ4v) is 3.05. The molecule has 0 radical (unpaired) electrons. The molecule has 1 aromatic heterocycles. The summed E-state index contributed by atoms with van der Waals surface area (Å²) in [6.07, 6.45) is 1.27. The van der Waals surface area contributed by atoms with Gasteiger partial charge in [-0.15, -0.1) is 0 Å². The van der Waals surface area contributed by atoms with Crippen molar-refractivity contribution in [3.05, 3.63) is 22.8 Å². The molecule has 0 aliphatic carbocycles. The van der Waals surface area contributed by atoms with Gasteiger partial charge >= 0.3 is 6.09 Å². The number of hydrogen-bond donors (Lipinski definition) is 0. The molecule has 0 N–H and O–H groups in total. The Hall–Kier alpha value is -1.30. The normalized spacial score (nSPS) is 21.0. The standard InChI is InChI=1S/C17H25BrN2O3/c1-16(2,3)23-15(21)20-10-9-12(11-17(20,4)5)22-14-8-6-7-13(18)19-14/h6-8,12H,9-11H2,1-5H3. The summed E-state index contributed by atoms with van der Waals surface area (Å²) in [6.45, 7) is 10.3. The van der Waals surface area contributed by atoms with E-state index in [1.165, 1.54) is 0 Å².